The van der Waals surface area contributed by atoms with E-state index in [2.05, 4.69) is 17.1 Å². The third-order valence-electron chi connectivity index (χ3n) is 2.13. The molecular formula is C13H30N2O2. The van der Waals surface area contributed by atoms with Gasteiger partial charge in [0.25, 0.3) is 0 Å². The molecule has 1 fully saturated rings. The van der Waals surface area contributed by atoms with Crippen molar-refractivity contribution in [1.82, 2.24) is 10.2 Å². The topological polar surface area (TPSA) is 41.6 Å². The van der Waals surface area contributed by atoms with Crippen LogP contribution in [0.3, 0.4) is 0 Å². The minimum absolute atomic E-state index is 0.0429. The standard InChI is InChI=1S/C9H18N2O2.2C2H6/c1-8-7-11(5-6-13-8)4-3-10-9(2)12;2*1-2/h8H,3-7H2,1-2H3,(H,10,12);2*1-2H3. The number of carbonyl (C=O) groups is 1. The molecule has 0 aliphatic carbocycles. The highest BCUT2D eigenvalue weighted by atomic mass is 16.5. The Morgan fingerprint density at radius 3 is 2.41 bits per heavy atom. The van der Waals surface area contributed by atoms with Crippen LogP contribution < -0.4 is 5.32 Å². The summed E-state index contributed by atoms with van der Waals surface area (Å²) >= 11 is 0. The van der Waals surface area contributed by atoms with Gasteiger partial charge in [0.1, 0.15) is 0 Å². The lowest BCUT2D eigenvalue weighted by molar-refractivity contribution is -0.119. The number of hydrogen-bond donors (Lipinski definition) is 1. The Hall–Kier alpha value is -0.610. The van der Waals surface area contributed by atoms with Crippen LogP contribution in [-0.2, 0) is 9.53 Å². The van der Waals surface area contributed by atoms with Crippen molar-refractivity contribution < 1.29 is 9.53 Å². The van der Waals surface area contributed by atoms with E-state index >= 15 is 0 Å². The Balaban J connectivity index is 0. The van der Waals surface area contributed by atoms with Gasteiger partial charge in [0.15, 0.2) is 0 Å². The minimum atomic E-state index is 0.0429. The Kier molecular flexibility index (Phi) is 14.8. The molecule has 0 bridgehead atoms. The van der Waals surface area contributed by atoms with E-state index in [0.29, 0.717) is 6.10 Å². The summed E-state index contributed by atoms with van der Waals surface area (Å²) in [6.45, 7) is 16.0. The molecule has 1 N–H and O–H groups in total. The van der Waals surface area contributed by atoms with Gasteiger partial charge in [-0.3, -0.25) is 9.69 Å². The normalized spacial score (nSPS) is 19.3. The van der Waals surface area contributed by atoms with Gasteiger partial charge in [-0.1, -0.05) is 27.7 Å². The van der Waals surface area contributed by atoms with Crippen LogP contribution in [0.15, 0.2) is 0 Å². The van der Waals surface area contributed by atoms with E-state index in [9.17, 15) is 4.79 Å². The zero-order valence-corrected chi connectivity index (χ0v) is 12.4. The van der Waals surface area contributed by atoms with Crippen molar-refractivity contribution in [2.45, 2.75) is 47.6 Å². The first-order valence-electron chi connectivity index (χ1n) is 6.77. The van der Waals surface area contributed by atoms with Crippen LogP contribution in [0.25, 0.3) is 0 Å². The summed E-state index contributed by atoms with van der Waals surface area (Å²) in [5.41, 5.74) is 0. The van der Waals surface area contributed by atoms with Gasteiger partial charge in [-0.15, -0.1) is 0 Å². The van der Waals surface area contributed by atoms with Crippen molar-refractivity contribution in [2.24, 2.45) is 0 Å². The maximum Gasteiger partial charge on any atom is 0.216 e. The molecule has 0 spiro atoms. The van der Waals surface area contributed by atoms with E-state index in [1.807, 2.05) is 27.7 Å². The molecule has 0 aromatic carbocycles. The highest BCUT2D eigenvalue weighted by Crippen LogP contribution is 2.02. The van der Waals surface area contributed by atoms with Crippen molar-refractivity contribution in [3.8, 4) is 0 Å². The van der Waals surface area contributed by atoms with Crippen LogP contribution in [0.4, 0.5) is 0 Å². The summed E-state index contributed by atoms with van der Waals surface area (Å²) in [5, 5.41) is 2.79. The molecule has 4 nitrogen and oxygen atoms in total. The molecule has 4 heteroatoms. The fourth-order valence-electron chi connectivity index (χ4n) is 1.48. The number of carbonyl (C=O) groups excluding carboxylic acids is 1. The van der Waals surface area contributed by atoms with E-state index < -0.39 is 0 Å². The highest BCUT2D eigenvalue weighted by Gasteiger charge is 2.15. The first-order chi connectivity index (χ1) is 8.18. The van der Waals surface area contributed by atoms with E-state index in [0.717, 1.165) is 32.8 Å². The van der Waals surface area contributed by atoms with Gasteiger partial charge in [-0.25, -0.2) is 0 Å². The molecule has 17 heavy (non-hydrogen) atoms. The Morgan fingerprint density at radius 1 is 1.35 bits per heavy atom. The average molecular weight is 246 g/mol. The van der Waals surface area contributed by atoms with Gasteiger partial charge in [0, 0.05) is 33.1 Å². The van der Waals surface area contributed by atoms with E-state index in [-0.39, 0.29) is 5.91 Å². The average Bonchev–Trinajstić information content (AvgIpc) is 2.34. The quantitative estimate of drug-likeness (QED) is 0.827. The Labute approximate surface area is 107 Å². The third-order valence-corrected chi connectivity index (χ3v) is 2.13. The van der Waals surface area contributed by atoms with Crippen LogP contribution in [-0.4, -0.2) is 49.7 Å². The van der Waals surface area contributed by atoms with Gasteiger partial charge in [0.05, 0.1) is 12.7 Å². The van der Waals surface area contributed by atoms with Crippen molar-refractivity contribution in [2.75, 3.05) is 32.8 Å². The maximum absolute atomic E-state index is 10.6. The summed E-state index contributed by atoms with van der Waals surface area (Å²) < 4.78 is 5.41. The molecule has 104 valence electrons. The molecule has 0 aromatic rings. The van der Waals surface area contributed by atoms with Gasteiger partial charge in [-0.05, 0) is 6.92 Å². The number of morpholine rings is 1. The molecule has 1 aliphatic heterocycles. The summed E-state index contributed by atoms with van der Waals surface area (Å²) in [7, 11) is 0. The highest BCUT2D eigenvalue weighted by molar-refractivity contribution is 5.72. The molecule has 1 amide bonds. The van der Waals surface area contributed by atoms with Crippen molar-refractivity contribution in [3.05, 3.63) is 0 Å². The molecule has 0 saturated carbocycles. The first kappa shape index (κ1) is 18.7. The minimum Gasteiger partial charge on any atom is -0.376 e. The van der Waals surface area contributed by atoms with Gasteiger partial charge < -0.3 is 10.1 Å². The molecule has 1 heterocycles. The maximum atomic E-state index is 10.6. The lowest BCUT2D eigenvalue weighted by Crippen LogP contribution is -2.44. The van der Waals surface area contributed by atoms with Crippen LogP contribution in [0, 0.1) is 0 Å². The summed E-state index contributed by atoms with van der Waals surface area (Å²) in [6, 6.07) is 0. The molecule has 0 aromatic heterocycles. The Morgan fingerprint density at radius 2 is 1.94 bits per heavy atom. The predicted molar refractivity (Wildman–Crippen MR) is 73.2 cm³/mol. The van der Waals surface area contributed by atoms with Crippen LogP contribution >= 0.6 is 0 Å². The summed E-state index contributed by atoms with van der Waals surface area (Å²) in [5.74, 6) is 0.0429. The zero-order valence-electron chi connectivity index (χ0n) is 12.4. The van der Waals surface area contributed by atoms with Crippen LogP contribution in [0.1, 0.15) is 41.5 Å². The van der Waals surface area contributed by atoms with E-state index in [1.165, 1.54) is 0 Å². The molecule has 1 unspecified atom stereocenters. The lowest BCUT2D eigenvalue weighted by atomic mass is 10.3. The predicted octanol–water partition coefficient (Wildman–Crippen LogP) is 1.90. The van der Waals surface area contributed by atoms with Gasteiger partial charge in [0.2, 0.25) is 5.91 Å². The lowest BCUT2D eigenvalue weighted by Gasteiger charge is -2.30. The number of nitrogens with zero attached hydrogens (tertiary/aromatic N) is 1. The number of nitrogens with one attached hydrogen (secondary N) is 1. The molecular weight excluding hydrogens is 216 g/mol. The first-order valence-corrected chi connectivity index (χ1v) is 6.77. The van der Waals surface area contributed by atoms with E-state index in [4.69, 9.17) is 4.74 Å². The number of ether oxygens (including phenoxy) is 1. The van der Waals surface area contributed by atoms with Crippen molar-refractivity contribution >= 4 is 5.91 Å². The number of amides is 1. The fraction of sp³-hybridized carbons (Fsp3) is 0.923. The van der Waals surface area contributed by atoms with Crippen LogP contribution in [0.2, 0.25) is 0 Å². The molecule has 0 radical (unpaired) electrons. The van der Waals surface area contributed by atoms with E-state index in [1.54, 1.807) is 6.92 Å². The summed E-state index contributed by atoms with van der Waals surface area (Å²) in [6.07, 6.45) is 0.325. The summed E-state index contributed by atoms with van der Waals surface area (Å²) in [4.78, 5) is 12.9. The zero-order chi connectivity index (χ0) is 13.7. The fourth-order valence-corrected chi connectivity index (χ4v) is 1.48. The smallest absolute Gasteiger partial charge is 0.216 e. The molecule has 1 aliphatic rings. The third kappa shape index (κ3) is 11.6. The molecule has 1 atom stereocenters. The SMILES string of the molecule is CC.CC.CC(=O)NCCN1CCOC(C)C1. The molecule has 1 saturated heterocycles. The largest absolute Gasteiger partial charge is 0.376 e. The number of rotatable bonds is 3. The number of hydrogen-bond acceptors (Lipinski definition) is 3. The second-order valence-electron chi connectivity index (χ2n) is 3.46. The van der Waals surface area contributed by atoms with Gasteiger partial charge in [-0.2, -0.15) is 0 Å². The monoisotopic (exact) mass is 246 g/mol. The van der Waals surface area contributed by atoms with Crippen LogP contribution in [0.5, 0.6) is 0 Å². The van der Waals surface area contributed by atoms with Crippen molar-refractivity contribution in [3.63, 3.8) is 0 Å². The second-order valence-corrected chi connectivity index (χ2v) is 3.46. The van der Waals surface area contributed by atoms with Gasteiger partial charge >= 0.3 is 0 Å². The van der Waals surface area contributed by atoms with Crippen molar-refractivity contribution in [1.29, 1.82) is 0 Å². The second kappa shape index (κ2) is 13.5. The molecule has 1 rings (SSSR count). The Bertz CT molecular complexity index is 175.